The summed E-state index contributed by atoms with van der Waals surface area (Å²) in [4.78, 5) is 17.0. The number of aromatic nitrogens is 1. The number of piperidine rings is 1. The lowest BCUT2D eigenvalue weighted by Gasteiger charge is -2.30. The highest BCUT2D eigenvalue weighted by Gasteiger charge is 2.30. The summed E-state index contributed by atoms with van der Waals surface area (Å²) in [5.74, 6) is -0.152. The Morgan fingerprint density at radius 1 is 1.22 bits per heavy atom. The van der Waals surface area contributed by atoms with E-state index in [0.717, 1.165) is 17.7 Å². The lowest BCUT2D eigenvalue weighted by atomic mass is 9.97. The van der Waals surface area contributed by atoms with Crippen LogP contribution < -0.4 is 5.32 Å². The van der Waals surface area contributed by atoms with Gasteiger partial charge in [0.2, 0.25) is 15.9 Å². The predicted octanol–water partition coefficient (Wildman–Crippen LogP) is 3.37. The van der Waals surface area contributed by atoms with Crippen LogP contribution in [0.3, 0.4) is 0 Å². The molecule has 0 bridgehead atoms. The molecule has 2 heterocycles. The summed E-state index contributed by atoms with van der Waals surface area (Å²) in [6.07, 6.45) is 2.08. The van der Waals surface area contributed by atoms with Gasteiger partial charge in [-0.3, -0.25) is 4.79 Å². The minimum atomic E-state index is -3.17. The van der Waals surface area contributed by atoms with Gasteiger partial charge in [0.1, 0.15) is 0 Å². The minimum Gasteiger partial charge on any atom is -0.302 e. The van der Waals surface area contributed by atoms with Gasteiger partial charge in [-0.05, 0) is 31.7 Å². The number of benzene rings is 1. The third kappa shape index (κ3) is 4.75. The molecule has 1 aliphatic rings. The van der Waals surface area contributed by atoms with Crippen LogP contribution in [-0.4, -0.2) is 42.5 Å². The normalized spacial score (nSPS) is 16.4. The van der Waals surface area contributed by atoms with E-state index in [9.17, 15) is 13.2 Å². The van der Waals surface area contributed by atoms with Crippen LogP contribution in [0.15, 0.2) is 29.6 Å². The summed E-state index contributed by atoms with van der Waals surface area (Å²) < 4.78 is 25.3. The van der Waals surface area contributed by atoms with Gasteiger partial charge >= 0.3 is 0 Å². The van der Waals surface area contributed by atoms with E-state index in [1.165, 1.54) is 21.2 Å². The van der Waals surface area contributed by atoms with Gasteiger partial charge in [-0.15, -0.1) is 11.3 Å². The first kappa shape index (κ1) is 20.0. The molecule has 1 aromatic carbocycles. The van der Waals surface area contributed by atoms with E-state index < -0.39 is 10.0 Å². The summed E-state index contributed by atoms with van der Waals surface area (Å²) >= 11 is 1.41. The zero-order chi connectivity index (χ0) is 19.4. The molecule has 0 atom stereocenters. The number of anilines is 1. The van der Waals surface area contributed by atoms with E-state index in [-0.39, 0.29) is 17.6 Å². The average Bonchev–Trinajstić information content (AvgIpc) is 3.16. The highest BCUT2D eigenvalue weighted by molar-refractivity contribution is 7.89. The van der Waals surface area contributed by atoms with Gasteiger partial charge in [0.05, 0.1) is 11.4 Å². The molecule has 0 spiro atoms. The number of nitrogens with zero attached hydrogens (tertiary/aromatic N) is 2. The molecule has 1 N–H and O–H groups in total. The number of thiazole rings is 1. The van der Waals surface area contributed by atoms with Gasteiger partial charge in [0.15, 0.2) is 5.13 Å². The van der Waals surface area contributed by atoms with Crippen molar-refractivity contribution in [1.82, 2.24) is 9.29 Å². The third-order valence-corrected chi connectivity index (χ3v) is 7.61. The molecule has 1 saturated heterocycles. The first-order valence-corrected chi connectivity index (χ1v) is 11.8. The van der Waals surface area contributed by atoms with Gasteiger partial charge in [-0.1, -0.05) is 31.2 Å². The van der Waals surface area contributed by atoms with Gasteiger partial charge in [0.25, 0.3) is 0 Å². The Hall–Kier alpha value is -1.77. The maximum Gasteiger partial charge on any atom is 0.229 e. The molecule has 8 heteroatoms. The maximum atomic E-state index is 12.5. The minimum absolute atomic E-state index is 0.0780. The van der Waals surface area contributed by atoms with Crippen LogP contribution in [0.5, 0.6) is 0 Å². The van der Waals surface area contributed by atoms with Crippen molar-refractivity contribution < 1.29 is 13.2 Å². The van der Waals surface area contributed by atoms with Crippen LogP contribution in [0, 0.1) is 5.92 Å². The van der Waals surface area contributed by atoms with Crippen molar-refractivity contribution in [3.63, 3.8) is 0 Å². The molecular weight excluding hydrogens is 382 g/mol. The Balaban J connectivity index is 1.58. The van der Waals surface area contributed by atoms with Gasteiger partial charge in [0, 0.05) is 30.0 Å². The number of hydrogen-bond acceptors (Lipinski definition) is 5. The van der Waals surface area contributed by atoms with E-state index in [1.54, 1.807) is 6.92 Å². The van der Waals surface area contributed by atoms with Crippen LogP contribution in [0.1, 0.15) is 32.3 Å². The molecule has 1 fully saturated rings. The number of nitrogens with one attached hydrogen (secondary N) is 1. The lowest BCUT2D eigenvalue weighted by molar-refractivity contribution is -0.120. The largest absolute Gasteiger partial charge is 0.302 e. The number of amides is 1. The van der Waals surface area contributed by atoms with Gasteiger partial charge in [-0.25, -0.2) is 17.7 Å². The molecule has 0 aliphatic carbocycles. The second kappa shape index (κ2) is 8.50. The smallest absolute Gasteiger partial charge is 0.229 e. The number of carbonyl (C=O) groups is 1. The fraction of sp³-hybridized carbons (Fsp3) is 0.474. The Labute approximate surface area is 164 Å². The molecule has 3 rings (SSSR count). The number of hydrogen-bond donors (Lipinski definition) is 1. The van der Waals surface area contributed by atoms with Crippen molar-refractivity contribution in [3.8, 4) is 11.3 Å². The topological polar surface area (TPSA) is 79.4 Å². The molecular formula is C19H25N3O3S2. The number of sulfonamides is 1. The molecule has 1 aromatic heterocycles. The summed E-state index contributed by atoms with van der Waals surface area (Å²) in [7, 11) is -3.17. The maximum absolute atomic E-state index is 12.5. The first-order chi connectivity index (χ1) is 12.9. The van der Waals surface area contributed by atoms with Crippen molar-refractivity contribution >= 4 is 32.4 Å². The second-order valence-corrected chi connectivity index (χ2v) is 9.77. The molecule has 6 nitrogen and oxygen atoms in total. The zero-order valence-corrected chi connectivity index (χ0v) is 17.3. The fourth-order valence-electron chi connectivity index (χ4n) is 3.16. The van der Waals surface area contributed by atoms with Crippen LogP contribution in [-0.2, 0) is 21.2 Å². The summed E-state index contributed by atoms with van der Waals surface area (Å²) in [6.45, 7) is 4.57. The van der Waals surface area contributed by atoms with E-state index >= 15 is 0 Å². The van der Waals surface area contributed by atoms with Crippen LogP contribution >= 0.6 is 11.3 Å². The summed E-state index contributed by atoms with van der Waals surface area (Å²) in [5.41, 5.74) is 3.16. The summed E-state index contributed by atoms with van der Waals surface area (Å²) in [6, 6.07) is 8.27. The number of carbonyl (C=O) groups excluding carboxylic acids is 1. The lowest BCUT2D eigenvalue weighted by Crippen LogP contribution is -2.42. The molecule has 27 heavy (non-hydrogen) atoms. The van der Waals surface area contributed by atoms with Crippen LogP contribution in [0.25, 0.3) is 11.3 Å². The Kier molecular flexibility index (Phi) is 6.29. The van der Waals surface area contributed by atoms with E-state index in [1.807, 2.05) is 17.5 Å². The molecule has 1 amide bonds. The van der Waals surface area contributed by atoms with Crippen molar-refractivity contribution in [2.45, 2.75) is 33.1 Å². The quantitative estimate of drug-likeness (QED) is 0.796. The zero-order valence-electron chi connectivity index (χ0n) is 15.6. The molecule has 1 aliphatic heterocycles. The van der Waals surface area contributed by atoms with E-state index in [4.69, 9.17) is 0 Å². The standard InChI is InChI=1S/C19H25N3O3S2/c1-3-14-5-7-15(8-6-14)17-13-26-19(20-17)21-18(23)16-9-11-22(12-10-16)27(24,25)4-2/h5-8,13,16H,3-4,9-12H2,1-2H3,(H,20,21,23). The van der Waals surface area contributed by atoms with E-state index in [2.05, 4.69) is 29.4 Å². The Morgan fingerprint density at radius 3 is 2.48 bits per heavy atom. The van der Waals surface area contributed by atoms with Gasteiger partial charge in [-0.2, -0.15) is 0 Å². The third-order valence-electron chi connectivity index (χ3n) is 4.98. The molecule has 2 aromatic rings. The predicted molar refractivity (Wildman–Crippen MR) is 109 cm³/mol. The Morgan fingerprint density at radius 2 is 1.89 bits per heavy atom. The summed E-state index contributed by atoms with van der Waals surface area (Å²) in [5, 5.41) is 5.41. The van der Waals surface area contributed by atoms with Crippen molar-refractivity contribution in [3.05, 3.63) is 35.2 Å². The first-order valence-electron chi connectivity index (χ1n) is 9.26. The van der Waals surface area contributed by atoms with E-state index in [0.29, 0.717) is 31.1 Å². The number of rotatable bonds is 6. The average molecular weight is 408 g/mol. The molecule has 0 saturated carbocycles. The fourth-order valence-corrected chi connectivity index (χ4v) is 5.02. The Bertz CT molecular complexity index is 883. The van der Waals surface area contributed by atoms with Crippen molar-refractivity contribution in [2.75, 3.05) is 24.2 Å². The SMILES string of the molecule is CCc1ccc(-c2csc(NC(=O)C3CCN(S(=O)(=O)CC)CC3)n2)cc1. The number of aryl methyl sites for hydroxylation is 1. The highest BCUT2D eigenvalue weighted by Crippen LogP contribution is 2.27. The van der Waals surface area contributed by atoms with Crippen LogP contribution in [0.2, 0.25) is 0 Å². The van der Waals surface area contributed by atoms with Crippen molar-refractivity contribution in [2.24, 2.45) is 5.92 Å². The van der Waals surface area contributed by atoms with Gasteiger partial charge < -0.3 is 5.32 Å². The molecule has 0 radical (unpaired) electrons. The highest BCUT2D eigenvalue weighted by atomic mass is 32.2. The van der Waals surface area contributed by atoms with Crippen LogP contribution in [0.4, 0.5) is 5.13 Å². The molecule has 146 valence electrons. The monoisotopic (exact) mass is 407 g/mol. The molecule has 0 unspecified atom stereocenters. The second-order valence-electron chi connectivity index (χ2n) is 6.65. The van der Waals surface area contributed by atoms with Crippen molar-refractivity contribution in [1.29, 1.82) is 0 Å².